The highest BCUT2D eigenvalue weighted by Crippen LogP contribution is 2.39. The van der Waals surface area contributed by atoms with Crippen molar-refractivity contribution < 1.29 is 4.39 Å². The van der Waals surface area contributed by atoms with Crippen LogP contribution in [0, 0.1) is 12.7 Å². The van der Waals surface area contributed by atoms with Crippen LogP contribution in [0.5, 0.6) is 0 Å². The fourth-order valence-electron chi connectivity index (χ4n) is 2.49. The van der Waals surface area contributed by atoms with E-state index in [0.717, 1.165) is 12.8 Å². The van der Waals surface area contributed by atoms with Crippen LogP contribution < -0.4 is 11.1 Å². The summed E-state index contributed by atoms with van der Waals surface area (Å²) >= 11 is 5.84. The van der Waals surface area contributed by atoms with Crippen molar-refractivity contribution in [3.8, 4) is 0 Å². The summed E-state index contributed by atoms with van der Waals surface area (Å²) in [6.07, 6.45) is 2.13. The molecule has 3 N–H and O–H groups in total. The Bertz CT molecular complexity index is 957. The zero-order chi connectivity index (χ0) is 16.8. The van der Waals surface area contributed by atoms with E-state index in [-0.39, 0.29) is 5.02 Å². The van der Waals surface area contributed by atoms with Crippen molar-refractivity contribution in [3.05, 3.63) is 40.7 Å². The maximum atomic E-state index is 13.3. The first-order valence-electron chi connectivity index (χ1n) is 7.55. The predicted octanol–water partition coefficient (Wildman–Crippen LogP) is 3.72. The molecule has 0 spiro atoms. The number of aromatic nitrogens is 4. The third-order valence-electron chi connectivity index (χ3n) is 3.82. The van der Waals surface area contributed by atoms with Crippen molar-refractivity contribution >= 4 is 40.0 Å². The topological polar surface area (TPSA) is 89.6 Å². The second kappa shape index (κ2) is 5.52. The monoisotopic (exact) mass is 344 g/mol. The van der Waals surface area contributed by atoms with Gasteiger partial charge in [-0.3, -0.25) is 0 Å². The minimum atomic E-state index is -0.478. The molecule has 0 bridgehead atoms. The highest BCUT2D eigenvalue weighted by Gasteiger charge is 2.28. The minimum absolute atomic E-state index is 0.0305. The number of rotatable bonds is 3. The molecule has 0 atom stereocenters. The summed E-state index contributed by atoms with van der Waals surface area (Å²) in [7, 11) is 0. The SMILES string of the molecule is Cc1nc(Nc2ccc(F)c(Cl)c2)c2nc(C3CC3)nc(N)c2n1. The molecule has 8 heteroatoms. The summed E-state index contributed by atoms with van der Waals surface area (Å²) in [5.74, 6) is 1.96. The Morgan fingerprint density at radius 1 is 1.17 bits per heavy atom. The van der Waals surface area contributed by atoms with Crippen LogP contribution in [0.2, 0.25) is 5.02 Å². The lowest BCUT2D eigenvalue weighted by Gasteiger charge is -2.11. The number of hydrogen-bond acceptors (Lipinski definition) is 6. The van der Waals surface area contributed by atoms with Gasteiger partial charge in [-0.25, -0.2) is 24.3 Å². The Kier molecular flexibility index (Phi) is 3.45. The van der Waals surface area contributed by atoms with E-state index in [1.807, 2.05) is 0 Å². The molecule has 1 saturated carbocycles. The molecule has 1 aliphatic carbocycles. The second-order valence-corrected chi connectivity index (χ2v) is 6.22. The van der Waals surface area contributed by atoms with E-state index in [1.54, 1.807) is 13.0 Å². The molecular weight excluding hydrogens is 331 g/mol. The summed E-state index contributed by atoms with van der Waals surface area (Å²) in [5.41, 5.74) is 7.71. The highest BCUT2D eigenvalue weighted by atomic mass is 35.5. The summed E-state index contributed by atoms with van der Waals surface area (Å²) in [6.45, 7) is 1.76. The van der Waals surface area contributed by atoms with Gasteiger partial charge in [0.2, 0.25) is 0 Å². The number of benzene rings is 1. The van der Waals surface area contributed by atoms with Gasteiger partial charge >= 0.3 is 0 Å². The molecule has 3 aromatic rings. The van der Waals surface area contributed by atoms with Crippen LogP contribution in [0.3, 0.4) is 0 Å². The van der Waals surface area contributed by atoms with Gasteiger partial charge in [0, 0.05) is 11.6 Å². The lowest BCUT2D eigenvalue weighted by molar-refractivity contribution is 0.628. The molecule has 0 radical (unpaired) electrons. The van der Waals surface area contributed by atoms with Gasteiger partial charge in [0.15, 0.2) is 11.6 Å². The van der Waals surface area contributed by atoms with Crippen molar-refractivity contribution in [2.75, 3.05) is 11.1 Å². The first kappa shape index (κ1) is 15.0. The van der Waals surface area contributed by atoms with Crippen LogP contribution in [0.1, 0.15) is 30.4 Å². The quantitative estimate of drug-likeness (QED) is 0.752. The maximum absolute atomic E-state index is 13.3. The van der Waals surface area contributed by atoms with E-state index in [2.05, 4.69) is 25.3 Å². The number of anilines is 3. The molecule has 2 aromatic heterocycles. The highest BCUT2D eigenvalue weighted by molar-refractivity contribution is 6.31. The number of fused-ring (bicyclic) bond motifs is 1. The average Bonchev–Trinajstić information content (AvgIpc) is 3.36. The van der Waals surface area contributed by atoms with Gasteiger partial charge in [0.25, 0.3) is 0 Å². The van der Waals surface area contributed by atoms with E-state index in [9.17, 15) is 4.39 Å². The maximum Gasteiger partial charge on any atom is 0.160 e. The summed E-state index contributed by atoms with van der Waals surface area (Å²) in [5, 5.41) is 3.15. The van der Waals surface area contributed by atoms with E-state index < -0.39 is 5.82 Å². The molecule has 122 valence electrons. The number of halogens is 2. The molecule has 24 heavy (non-hydrogen) atoms. The van der Waals surface area contributed by atoms with Crippen LogP contribution in [0.4, 0.5) is 21.7 Å². The molecule has 0 saturated heterocycles. The zero-order valence-corrected chi connectivity index (χ0v) is 13.6. The molecule has 4 rings (SSSR count). The Hall–Kier alpha value is -2.54. The normalized spacial score (nSPS) is 14.1. The van der Waals surface area contributed by atoms with Crippen LogP contribution in [0.25, 0.3) is 11.0 Å². The lowest BCUT2D eigenvalue weighted by Crippen LogP contribution is -2.06. The number of aryl methyl sites for hydroxylation is 1. The van der Waals surface area contributed by atoms with E-state index in [4.69, 9.17) is 17.3 Å². The second-order valence-electron chi connectivity index (χ2n) is 5.81. The number of nitrogens with zero attached hydrogens (tertiary/aromatic N) is 4. The molecule has 1 aliphatic rings. The van der Waals surface area contributed by atoms with Gasteiger partial charge in [-0.1, -0.05) is 11.6 Å². The molecule has 0 unspecified atom stereocenters. The Labute approximate surface area is 142 Å². The first-order chi connectivity index (χ1) is 11.5. The standard InChI is InChI=1S/C16H14ClFN6/c1-7-20-12-13(23-15(8-2-3-8)24-14(12)19)16(21-7)22-9-4-5-11(18)10(17)6-9/h4-6,8H,2-3H2,1H3,(H2,19,23,24)(H,20,21,22). The van der Waals surface area contributed by atoms with Crippen LogP contribution in [-0.4, -0.2) is 19.9 Å². The molecule has 1 aromatic carbocycles. The van der Waals surface area contributed by atoms with E-state index in [0.29, 0.717) is 45.9 Å². The molecule has 6 nitrogen and oxygen atoms in total. The Balaban J connectivity index is 1.84. The minimum Gasteiger partial charge on any atom is -0.382 e. The zero-order valence-electron chi connectivity index (χ0n) is 12.8. The van der Waals surface area contributed by atoms with Crippen LogP contribution >= 0.6 is 11.6 Å². The summed E-state index contributed by atoms with van der Waals surface area (Å²) in [6, 6.07) is 4.36. The van der Waals surface area contributed by atoms with Gasteiger partial charge in [0.05, 0.1) is 5.02 Å². The molecule has 0 aliphatic heterocycles. The smallest absolute Gasteiger partial charge is 0.160 e. The fourth-order valence-corrected chi connectivity index (χ4v) is 2.67. The van der Waals surface area contributed by atoms with Gasteiger partial charge in [-0.15, -0.1) is 0 Å². The van der Waals surface area contributed by atoms with E-state index >= 15 is 0 Å². The Morgan fingerprint density at radius 2 is 1.96 bits per heavy atom. The van der Waals surface area contributed by atoms with Crippen LogP contribution in [0.15, 0.2) is 18.2 Å². The van der Waals surface area contributed by atoms with Crippen molar-refractivity contribution in [1.29, 1.82) is 0 Å². The van der Waals surface area contributed by atoms with Gasteiger partial charge in [-0.05, 0) is 38.0 Å². The molecular formula is C16H14ClFN6. The predicted molar refractivity (Wildman–Crippen MR) is 90.9 cm³/mol. The molecule has 1 fully saturated rings. The van der Waals surface area contributed by atoms with Crippen molar-refractivity contribution in [1.82, 2.24) is 19.9 Å². The molecule has 0 amide bonds. The van der Waals surface area contributed by atoms with Gasteiger partial charge in [0.1, 0.15) is 28.5 Å². The van der Waals surface area contributed by atoms with Crippen molar-refractivity contribution in [2.24, 2.45) is 0 Å². The van der Waals surface area contributed by atoms with Crippen molar-refractivity contribution in [3.63, 3.8) is 0 Å². The fraction of sp³-hybridized carbons (Fsp3) is 0.250. The third kappa shape index (κ3) is 2.71. The first-order valence-corrected chi connectivity index (χ1v) is 7.93. The molecule has 2 heterocycles. The third-order valence-corrected chi connectivity index (χ3v) is 4.11. The van der Waals surface area contributed by atoms with Gasteiger partial charge < -0.3 is 11.1 Å². The number of nitrogens with two attached hydrogens (primary N) is 1. The summed E-state index contributed by atoms with van der Waals surface area (Å²) in [4.78, 5) is 17.7. The van der Waals surface area contributed by atoms with Crippen molar-refractivity contribution in [2.45, 2.75) is 25.7 Å². The van der Waals surface area contributed by atoms with Gasteiger partial charge in [-0.2, -0.15) is 0 Å². The Morgan fingerprint density at radius 3 is 2.67 bits per heavy atom. The average molecular weight is 345 g/mol. The number of nitrogen functional groups attached to an aromatic ring is 1. The lowest BCUT2D eigenvalue weighted by atomic mass is 10.3. The van der Waals surface area contributed by atoms with E-state index in [1.165, 1.54) is 12.1 Å². The number of nitrogens with one attached hydrogen (secondary N) is 1. The van der Waals surface area contributed by atoms with Crippen LogP contribution in [-0.2, 0) is 0 Å². The largest absolute Gasteiger partial charge is 0.382 e. The number of hydrogen-bond donors (Lipinski definition) is 2. The summed E-state index contributed by atoms with van der Waals surface area (Å²) < 4.78 is 13.3.